The Morgan fingerprint density at radius 1 is 1.24 bits per heavy atom. The number of amides is 1. The summed E-state index contributed by atoms with van der Waals surface area (Å²) in [4.78, 5) is 17.1. The zero-order valence-electron chi connectivity index (χ0n) is 12.1. The minimum atomic E-state index is -0.226. The molecule has 0 aliphatic rings. The summed E-state index contributed by atoms with van der Waals surface area (Å²) in [5.74, 6) is -0.226. The van der Waals surface area contributed by atoms with Crippen molar-refractivity contribution in [2.24, 2.45) is 0 Å². The molecule has 0 spiro atoms. The number of anilines is 1. The lowest BCUT2D eigenvalue weighted by atomic mass is 9.87. The number of benzene rings is 1. The zero-order valence-corrected chi connectivity index (χ0v) is 12.9. The molecule has 1 N–H and O–H groups in total. The van der Waals surface area contributed by atoms with E-state index in [4.69, 9.17) is 0 Å². The molecule has 0 saturated carbocycles. The van der Waals surface area contributed by atoms with Gasteiger partial charge in [-0.1, -0.05) is 44.2 Å². The zero-order chi connectivity index (χ0) is 15.0. The normalized spacial score (nSPS) is 11.8. The molecule has 108 valence electrons. The van der Waals surface area contributed by atoms with Gasteiger partial charge in [0.15, 0.2) is 0 Å². The Hall–Kier alpha value is -2.21. The van der Waals surface area contributed by atoms with Crippen LogP contribution in [-0.4, -0.2) is 20.5 Å². The van der Waals surface area contributed by atoms with Gasteiger partial charge in [-0.25, -0.2) is 9.50 Å². The van der Waals surface area contributed by atoms with Crippen LogP contribution < -0.4 is 5.32 Å². The highest BCUT2D eigenvalue weighted by Crippen LogP contribution is 2.23. The van der Waals surface area contributed by atoms with E-state index >= 15 is 0 Å². The summed E-state index contributed by atoms with van der Waals surface area (Å²) >= 11 is 1.40. The highest BCUT2D eigenvalue weighted by molar-refractivity contribution is 7.14. The van der Waals surface area contributed by atoms with Crippen molar-refractivity contribution in [3.8, 4) is 0 Å². The molecule has 0 radical (unpaired) electrons. The number of rotatable bonds is 2. The number of nitrogens with one attached hydrogen (secondary N) is 1. The van der Waals surface area contributed by atoms with Crippen molar-refractivity contribution in [2.75, 3.05) is 5.32 Å². The fourth-order valence-electron chi connectivity index (χ4n) is 2.00. The summed E-state index contributed by atoms with van der Waals surface area (Å²) in [6, 6.07) is 7.89. The molecule has 21 heavy (non-hydrogen) atoms. The van der Waals surface area contributed by atoms with Crippen molar-refractivity contribution in [3.05, 3.63) is 47.2 Å². The topological polar surface area (TPSA) is 59.3 Å². The Kier molecular flexibility index (Phi) is 3.25. The standard InChI is InChI=1S/C15H16N4OS/c1-15(2,3)10-4-6-11(7-5-10)17-13(20)12-8-19-14(18-12)21-9-16-19/h4-9H,1-3H3,(H,17,20). The number of hydrogen-bond donors (Lipinski definition) is 1. The molecule has 1 aromatic carbocycles. The summed E-state index contributed by atoms with van der Waals surface area (Å²) < 4.78 is 1.60. The van der Waals surface area contributed by atoms with Gasteiger partial charge >= 0.3 is 0 Å². The van der Waals surface area contributed by atoms with E-state index in [1.807, 2.05) is 24.3 Å². The third-order valence-corrected chi connectivity index (χ3v) is 3.92. The lowest BCUT2D eigenvalue weighted by molar-refractivity contribution is 0.102. The van der Waals surface area contributed by atoms with Gasteiger partial charge in [0.2, 0.25) is 4.96 Å². The molecule has 6 heteroatoms. The Bertz CT molecular complexity index is 751. The van der Waals surface area contributed by atoms with Gasteiger partial charge in [0.1, 0.15) is 11.2 Å². The average Bonchev–Trinajstić information content (AvgIpc) is 2.98. The van der Waals surface area contributed by atoms with E-state index in [0.717, 1.165) is 5.69 Å². The van der Waals surface area contributed by atoms with Gasteiger partial charge in [-0.2, -0.15) is 5.10 Å². The quantitative estimate of drug-likeness (QED) is 0.789. The number of imidazole rings is 1. The predicted octanol–water partition coefficient (Wildman–Crippen LogP) is 3.34. The van der Waals surface area contributed by atoms with Gasteiger partial charge in [0.05, 0.1) is 6.20 Å². The van der Waals surface area contributed by atoms with E-state index < -0.39 is 0 Å². The lowest BCUT2D eigenvalue weighted by Crippen LogP contribution is -2.14. The van der Waals surface area contributed by atoms with Crippen LogP contribution in [0.4, 0.5) is 5.69 Å². The molecule has 0 saturated heterocycles. The number of nitrogens with zero attached hydrogens (tertiary/aromatic N) is 3. The van der Waals surface area contributed by atoms with E-state index in [2.05, 4.69) is 36.2 Å². The summed E-state index contributed by atoms with van der Waals surface area (Å²) in [6.07, 6.45) is 1.63. The van der Waals surface area contributed by atoms with Crippen molar-refractivity contribution in [1.29, 1.82) is 0 Å². The van der Waals surface area contributed by atoms with Crippen LogP contribution in [0.3, 0.4) is 0 Å². The maximum absolute atomic E-state index is 12.2. The second-order valence-corrected chi connectivity index (χ2v) is 6.69. The third-order valence-electron chi connectivity index (χ3n) is 3.23. The van der Waals surface area contributed by atoms with E-state index in [1.165, 1.54) is 16.9 Å². The molecule has 0 aliphatic carbocycles. The van der Waals surface area contributed by atoms with Crippen molar-refractivity contribution in [3.63, 3.8) is 0 Å². The van der Waals surface area contributed by atoms with Gasteiger partial charge < -0.3 is 5.32 Å². The molecular weight excluding hydrogens is 284 g/mol. The third kappa shape index (κ3) is 2.80. The maximum atomic E-state index is 12.2. The van der Waals surface area contributed by atoms with Gasteiger partial charge in [-0.05, 0) is 23.1 Å². The average molecular weight is 300 g/mol. The van der Waals surface area contributed by atoms with Crippen molar-refractivity contribution in [1.82, 2.24) is 14.6 Å². The molecule has 2 aromatic heterocycles. The van der Waals surface area contributed by atoms with Crippen molar-refractivity contribution < 1.29 is 4.79 Å². The van der Waals surface area contributed by atoms with Gasteiger partial charge in [0, 0.05) is 5.69 Å². The molecule has 3 rings (SSSR count). The first kappa shape index (κ1) is 13.8. The van der Waals surface area contributed by atoms with Crippen LogP contribution in [0.25, 0.3) is 4.96 Å². The molecule has 0 atom stereocenters. The van der Waals surface area contributed by atoms with Gasteiger partial charge in [-0.15, -0.1) is 0 Å². The van der Waals surface area contributed by atoms with Crippen LogP contribution in [0.1, 0.15) is 36.8 Å². The van der Waals surface area contributed by atoms with Crippen molar-refractivity contribution in [2.45, 2.75) is 26.2 Å². The number of hydrogen-bond acceptors (Lipinski definition) is 4. The molecule has 1 amide bonds. The van der Waals surface area contributed by atoms with Gasteiger partial charge in [-0.3, -0.25) is 4.79 Å². The molecule has 2 heterocycles. The van der Waals surface area contributed by atoms with Crippen LogP contribution in [0.5, 0.6) is 0 Å². The first-order valence-corrected chi connectivity index (χ1v) is 7.52. The summed E-state index contributed by atoms with van der Waals surface area (Å²) in [7, 11) is 0. The number of carbonyl (C=O) groups excluding carboxylic acids is 1. The Morgan fingerprint density at radius 2 is 1.95 bits per heavy atom. The molecule has 5 nitrogen and oxygen atoms in total. The summed E-state index contributed by atoms with van der Waals surface area (Å²) in [6.45, 7) is 6.47. The van der Waals surface area contributed by atoms with E-state index in [1.54, 1.807) is 16.2 Å². The first-order valence-electron chi connectivity index (χ1n) is 6.64. The minimum absolute atomic E-state index is 0.0996. The first-order chi connectivity index (χ1) is 9.93. The Labute approximate surface area is 126 Å². The molecule has 3 aromatic rings. The van der Waals surface area contributed by atoms with E-state index in [-0.39, 0.29) is 11.3 Å². The number of aromatic nitrogens is 3. The van der Waals surface area contributed by atoms with Crippen LogP contribution in [0, 0.1) is 0 Å². The molecule has 0 bridgehead atoms. The number of fused-ring (bicyclic) bond motifs is 1. The Morgan fingerprint density at radius 3 is 2.57 bits per heavy atom. The Balaban J connectivity index is 1.76. The molecular formula is C15H16N4OS. The van der Waals surface area contributed by atoms with Crippen molar-refractivity contribution >= 4 is 27.9 Å². The van der Waals surface area contributed by atoms with E-state index in [0.29, 0.717) is 10.7 Å². The smallest absolute Gasteiger partial charge is 0.275 e. The second kappa shape index (κ2) is 4.96. The largest absolute Gasteiger partial charge is 0.321 e. The SMILES string of the molecule is CC(C)(C)c1ccc(NC(=O)c2cn3ncsc3n2)cc1. The number of carbonyl (C=O) groups is 1. The van der Waals surface area contributed by atoms with Crippen LogP contribution in [0.2, 0.25) is 0 Å². The molecule has 0 fully saturated rings. The monoisotopic (exact) mass is 300 g/mol. The fourth-order valence-corrected chi connectivity index (χ4v) is 2.60. The fraction of sp³-hybridized carbons (Fsp3) is 0.267. The van der Waals surface area contributed by atoms with Crippen LogP contribution >= 0.6 is 11.3 Å². The highest BCUT2D eigenvalue weighted by Gasteiger charge is 2.15. The predicted molar refractivity (Wildman–Crippen MR) is 84.0 cm³/mol. The minimum Gasteiger partial charge on any atom is -0.321 e. The molecule has 0 unspecified atom stereocenters. The van der Waals surface area contributed by atoms with Gasteiger partial charge in [0.25, 0.3) is 5.91 Å². The van der Waals surface area contributed by atoms with Crippen LogP contribution in [-0.2, 0) is 5.41 Å². The lowest BCUT2D eigenvalue weighted by Gasteiger charge is -2.19. The summed E-state index contributed by atoms with van der Waals surface area (Å²) in [5, 5.41) is 6.91. The van der Waals surface area contributed by atoms with Crippen LogP contribution in [0.15, 0.2) is 36.0 Å². The van der Waals surface area contributed by atoms with E-state index in [9.17, 15) is 4.79 Å². The second-order valence-electron chi connectivity index (χ2n) is 5.87. The highest BCUT2D eigenvalue weighted by atomic mass is 32.1. The summed E-state index contributed by atoms with van der Waals surface area (Å²) in [5.41, 5.74) is 4.15. The molecule has 0 aliphatic heterocycles. The maximum Gasteiger partial charge on any atom is 0.275 e.